The SMILES string of the molecule is Cl.O=C(CCc1nc(-c2ccsc2)no1)N1CCC(N2CCNCC2)C1. The van der Waals surface area contributed by atoms with E-state index in [4.69, 9.17) is 4.52 Å². The van der Waals surface area contributed by atoms with Crippen molar-refractivity contribution in [3.05, 3.63) is 22.7 Å². The third-order valence-corrected chi connectivity index (χ3v) is 5.67. The smallest absolute Gasteiger partial charge is 0.227 e. The molecule has 4 heterocycles. The molecule has 1 unspecified atom stereocenters. The molecule has 0 bridgehead atoms. The number of carbonyl (C=O) groups excluding carboxylic acids is 1. The predicted octanol–water partition coefficient (Wildman–Crippen LogP) is 1.66. The minimum Gasteiger partial charge on any atom is -0.341 e. The standard InChI is InChI=1S/C17H23N5O2S.ClH/c23-16(22-7-3-14(11-22)21-8-5-18-6-9-21)2-1-15-19-17(20-24-15)13-4-10-25-12-13;/h4,10,12,14,18H,1-3,5-9,11H2;1H. The van der Waals surface area contributed by atoms with E-state index < -0.39 is 0 Å². The van der Waals surface area contributed by atoms with E-state index in [0.29, 0.717) is 30.6 Å². The Kier molecular flexibility index (Phi) is 6.63. The van der Waals surface area contributed by atoms with E-state index in [0.717, 1.165) is 51.3 Å². The summed E-state index contributed by atoms with van der Waals surface area (Å²) in [4.78, 5) is 21.4. The van der Waals surface area contributed by atoms with Crippen molar-refractivity contribution in [3.63, 3.8) is 0 Å². The van der Waals surface area contributed by atoms with Gasteiger partial charge in [-0.15, -0.1) is 12.4 Å². The molecule has 0 saturated carbocycles. The lowest BCUT2D eigenvalue weighted by molar-refractivity contribution is -0.130. The van der Waals surface area contributed by atoms with Crippen molar-refractivity contribution in [1.29, 1.82) is 0 Å². The summed E-state index contributed by atoms with van der Waals surface area (Å²) in [6, 6.07) is 2.48. The molecule has 2 aromatic heterocycles. The summed E-state index contributed by atoms with van der Waals surface area (Å²) in [5, 5.41) is 11.3. The van der Waals surface area contributed by atoms with E-state index in [1.165, 1.54) is 0 Å². The molecule has 1 amide bonds. The van der Waals surface area contributed by atoms with Gasteiger partial charge in [0, 0.05) is 69.1 Å². The lowest BCUT2D eigenvalue weighted by Crippen LogP contribution is -2.49. The van der Waals surface area contributed by atoms with Crippen LogP contribution in [0.3, 0.4) is 0 Å². The maximum Gasteiger partial charge on any atom is 0.227 e. The van der Waals surface area contributed by atoms with Crippen molar-refractivity contribution in [2.24, 2.45) is 0 Å². The zero-order chi connectivity index (χ0) is 17.1. The Bertz CT molecular complexity index is 702. The number of halogens is 1. The highest BCUT2D eigenvalue weighted by molar-refractivity contribution is 7.08. The molecule has 0 aromatic carbocycles. The fraction of sp³-hybridized carbons (Fsp3) is 0.588. The summed E-state index contributed by atoms with van der Waals surface area (Å²) in [6.45, 7) is 5.97. The molecule has 2 fully saturated rings. The number of thiophene rings is 1. The van der Waals surface area contributed by atoms with E-state index in [-0.39, 0.29) is 18.3 Å². The molecule has 2 aliphatic rings. The van der Waals surface area contributed by atoms with Crippen molar-refractivity contribution in [3.8, 4) is 11.4 Å². The number of nitrogens with one attached hydrogen (secondary N) is 1. The zero-order valence-electron chi connectivity index (χ0n) is 14.6. The first-order valence-electron chi connectivity index (χ1n) is 8.87. The van der Waals surface area contributed by atoms with Crippen LogP contribution in [0.1, 0.15) is 18.7 Å². The molecule has 1 N–H and O–H groups in total. The lowest BCUT2D eigenvalue weighted by Gasteiger charge is -2.32. The summed E-state index contributed by atoms with van der Waals surface area (Å²) < 4.78 is 5.28. The monoisotopic (exact) mass is 397 g/mol. The fourth-order valence-corrected chi connectivity index (χ4v) is 4.19. The van der Waals surface area contributed by atoms with Gasteiger partial charge in [0.05, 0.1) is 0 Å². The highest BCUT2D eigenvalue weighted by Gasteiger charge is 2.30. The zero-order valence-corrected chi connectivity index (χ0v) is 16.2. The van der Waals surface area contributed by atoms with Crippen molar-refractivity contribution in [2.45, 2.75) is 25.3 Å². The summed E-state index contributed by atoms with van der Waals surface area (Å²) in [5.74, 6) is 1.32. The Balaban J connectivity index is 0.00000196. The Hall–Kier alpha value is -1.48. The Morgan fingerprint density at radius 2 is 2.19 bits per heavy atom. The molecule has 0 spiro atoms. The van der Waals surface area contributed by atoms with Gasteiger partial charge in [0.15, 0.2) is 0 Å². The first-order valence-corrected chi connectivity index (χ1v) is 9.81. The molecule has 142 valence electrons. The van der Waals surface area contributed by atoms with Gasteiger partial charge in [-0.2, -0.15) is 16.3 Å². The molecule has 1 atom stereocenters. The Labute approximate surface area is 163 Å². The van der Waals surface area contributed by atoms with Gasteiger partial charge in [0.25, 0.3) is 0 Å². The summed E-state index contributed by atoms with van der Waals surface area (Å²) in [5.41, 5.74) is 0.963. The number of aromatic nitrogens is 2. The molecule has 0 radical (unpaired) electrons. The summed E-state index contributed by atoms with van der Waals surface area (Å²) in [7, 11) is 0. The largest absolute Gasteiger partial charge is 0.341 e. The van der Waals surface area contributed by atoms with Crippen LogP contribution in [0.25, 0.3) is 11.4 Å². The normalized spacial score (nSPS) is 20.9. The van der Waals surface area contributed by atoms with Crippen molar-refractivity contribution in [1.82, 2.24) is 25.3 Å². The van der Waals surface area contributed by atoms with Gasteiger partial charge in [0.1, 0.15) is 0 Å². The van der Waals surface area contributed by atoms with Crippen LogP contribution >= 0.6 is 23.7 Å². The Morgan fingerprint density at radius 3 is 2.96 bits per heavy atom. The van der Waals surface area contributed by atoms with Crippen LogP contribution in [-0.4, -0.2) is 71.2 Å². The number of aryl methyl sites for hydroxylation is 1. The molecule has 9 heteroatoms. The molecule has 2 aromatic rings. The minimum atomic E-state index is 0. The topological polar surface area (TPSA) is 74.5 Å². The van der Waals surface area contributed by atoms with Crippen LogP contribution in [0.15, 0.2) is 21.3 Å². The second-order valence-electron chi connectivity index (χ2n) is 6.59. The molecule has 4 rings (SSSR count). The van der Waals surface area contributed by atoms with Gasteiger partial charge >= 0.3 is 0 Å². The van der Waals surface area contributed by atoms with Gasteiger partial charge in [-0.3, -0.25) is 9.69 Å². The van der Waals surface area contributed by atoms with Gasteiger partial charge in [-0.05, 0) is 17.9 Å². The van der Waals surface area contributed by atoms with Crippen LogP contribution < -0.4 is 5.32 Å². The van der Waals surface area contributed by atoms with Gasteiger partial charge in [-0.1, -0.05) is 5.16 Å². The Morgan fingerprint density at radius 1 is 1.35 bits per heavy atom. The molecular formula is C17H24ClN5O2S. The van der Waals surface area contributed by atoms with E-state index in [2.05, 4.69) is 20.4 Å². The number of likely N-dealkylation sites (tertiary alicyclic amines) is 1. The molecule has 0 aliphatic carbocycles. The number of piperazine rings is 1. The molecule has 2 saturated heterocycles. The predicted molar refractivity (Wildman–Crippen MR) is 103 cm³/mol. The summed E-state index contributed by atoms with van der Waals surface area (Å²) >= 11 is 1.60. The average Bonchev–Trinajstić information content (AvgIpc) is 3.41. The molecule has 2 aliphatic heterocycles. The summed E-state index contributed by atoms with van der Waals surface area (Å²) in [6.07, 6.45) is 2.01. The van der Waals surface area contributed by atoms with Crippen LogP contribution in [0.2, 0.25) is 0 Å². The molecule has 26 heavy (non-hydrogen) atoms. The molecule has 7 nitrogen and oxygen atoms in total. The third-order valence-electron chi connectivity index (χ3n) is 4.98. The second-order valence-corrected chi connectivity index (χ2v) is 7.37. The van der Waals surface area contributed by atoms with Gasteiger partial charge in [-0.25, -0.2) is 0 Å². The van der Waals surface area contributed by atoms with Crippen molar-refractivity contribution >= 4 is 29.7 Å². The fourth-order valence-electron chi connectivity index (χ4n) is 3.55. The number of nitrogens with zero attached hydrogens (tertiary/aromatic N) is 4. The van der Waals surface area contributed by atoms with Crippen molar-refractivity contribution in [2.75, 3.05) is 39.3 Å². The quantitative estimate of drug-likeness (QED) is 0.827. The minimum absolute atomic E-state index is 0. The van der Waals surface area contributed by atoms with E-state index in [9.17, 15) is 4.79 Å². The lowest BCUT2D eigenvalue weighted by atomic mass is 10.2. The van der Waals surface area contributed by atoms with Gasteiger partial charge in [0.2, 0.25) is 17.6 Å². The molecular weight excluding hydrogens is 374 g/mol. The highest BCUT2D eigenvalue weighted by atomic mass is 35.5. The first-order chi connectivity index (χ1) is 12.3. The van der Waals surface area contributed by atoms with Crippen LogP contribution in [-0.2, 0) is 11.2 Å². The second kappa shape index (κ2) is 8.94. The van der Waals surface area contributed by atoms with E-state index in [1.807, 2.05) is 21.7 Å². The van der Waals surface area contributed by atoms with Crippen LogP contribution in [0.4, 0.5) is 0 Å². The maximum absolute atomic E-state index is 12.5. The average molecular weight is 398 g/mol. The maximum atomic E-state index is 12.5. The van der Waals surface area contributed by atoms with Crippen LogP contribution in [0, 0.1) is 0 Å². The third kappa shape index (κ3) is 4.43. The van der Waals surface area contributed by atoms with Crippen molar-refractivity contribution < 1.29 is 9.32 Å². The van der Waals surface area contributed by atoms with E-state index in [1.54, 1.807) is 11.3 Å². The number of rotatable bonds is 5. The highest BCUT2D eigenvalue weighted by Crippen LogP contribution is 2.20. The number of hydrogen-bond acceptors (Lipinski definition) is 7. The van der Waals surface area contributed by atoms with Gasteiger partial charge < -0.3 is 14.7 Å². The number of hydrogen-bond donors (Lipinski definition) is 1. The number of amides is 1. The van der Waals surface area contributed by atoms with E-state index >= 15 is 0 Å². The number of carbonyl (C=O) groups is 1. The van der Waals surface area contributed by atoms with Crippen LogP contribution in [0.5, 0.6) is 0 Å². The first kappa shape index (κ1) is 19.3.